The van der Waals surface area contributed by atoms with Gasteiger partial charge in [0.05, 0.1) is 11.7 Å². The first-order valence-electron chi connectivity index (χ1n) is 11.3. The Labute approximate surface area is 201 Å². The molecule has 8 heteroatoms. The topological polar surface area (TPSA) is 78.8 Å². The molecule has 1 amide bonds. The summed E-state index contributed by atoms with van der Waals surface area (Å²) in [5.41, 5.74) is 3.90. The molecule has 0 heterocycles. The third kappa shape index (κ3) is 5.33. The van der Waals surface area contributed by atoms with Gasteiger partial charge in [0.15, 0.2) is 0 Å². The van der Waals surface area contributed by atoms with E-state index in [-0.39, 0.29) is 31.1 Å². The summed E-state index contributed by atoms with van der Waals surface area (Å²) in [5.74, 6) is -0.0931. The van der Waals surface area contributed by atoms with Crippen molar-refractivity contribution in [2.75, 3.05) is 13.2 Å². The number of amides is 1. The van der Waals surface area contributed by atoms with E-state index >= 15 is 0 Å². The Balaban J connectivity index is 1.30. The SMILES string of the molecule is Cc1ccc(C(F)(F)F)cc1C(O)C(O)CCNC(=O)OCC1c2ccccc2-c2ccccc21. The molecule has 0 spiro atoms. The molecule has 4 rings (SSSR count). The predicted molar refractivity (Wildman–Crippen MR) is 125 cm³/mol. The quantitative estimate of drug-likeness (QED) is 0.422. The first-order valence-corrected chi connectivity index (χ1v) is 11.3. The average Bonchev–Trinajstić information content (AvgIpc) is 3.15. The molecule has 35 heavy (non-hydrogen) atoms. The van der Waals surface area contributed by atoms with Crippen LogP contribution in [0.15, 0.2) is 66.7 Å². The maximum atomic E-state index is 13.0. The summed E-state index contributed by atoms with van der Waals surface area (Å²) in [5, 5.41) is 23.2. The zero-order valence-corrected chi connectivity index (χ0v) is 19.0. The highest BCUT2D eigenvalue weighted by molar-refractivity contribution is 5.79. The minimum absolute atomic E-state index is 0.00605. The maximum Gasteiger partial charge on any atom is 0.416 e. The van der Waals surface area contributed by atoms with E-state index in [0.717, 1.165) is 34.4 Å². The molecular formula is C27H26F3NO4. The predicted octanol–water partition coefficient (Wildman–Crippen LogP) is 5.34. The molecule has 184 valence electrons. The molecule has 0 fully saturated rings. The molecule has 2 atom stereocenters. The van der Waals surface area contributed by atoms with E-state index in [1.807, 2.05) is 48.5 Å². The number of carbonyl (C=O) groups is 1. The largest absolute Gasteiger partial charge is 0.449 e. The number of rotatable bonds is 7. The molecule has 5 nitrogen and oxygen atoms in total. The zero-order chi connectivity index (χ0) is 25.2. The lowest BCUT2D eigenvalue weighted by atomic mass is 9.95. The number of halogens is 3. The van der Waals surface area contributed by atoms with Crippen molar-refractivity contribution in [2.45, 2.75) is 37.6 Å². The Morgan fingerprint density at radius 1 is 1.00 bits per heavy atom. The van der Waals surface area contributed by atoms with Gasteiger partial charge in [-0.1, -0.05) is 54.6 Å². The molecule has 1 aliphatic carbocycles. The number of fused-ring (bicyclic) bond motifs is 3. The van der Waals surface area contributed by atoms with E-state index in [0.29, 0.717) is 5.56 Å². The van der Waals surface area contributed by atoms with Crippen LogP contribution in [0, 0.1) is 6.92 Å². The number of alkyl carbamates (subject to hydrolysis) is 1. The summed E-state index contributed by atoms with van der Waals surface area (Å²) in [6.45, 7) is 1.67. The van der Waals surface area contributed by atoms with Gasteiger partial charge in [0, 0.05) is 12.5 Å². The number of ether oxygens (including phenoxy) is 1. The summed E-state index contributed by atoms with van der Waals surface area (Å²) < 4.78 is 44.4. The van der Waals surface area contributed by atoms with Gasteiger partial charge in [-0.25, -0.2) is 4.79 Å². The Bertz CT molecular complexity index is 1170. The highest BCUT2D eigenvalue weighted by Gasteiger charge is 2.32. The van der Waals surface area contributed by atoms with Crippen LogP contribution in [-0.4, -0.2) is 35.6 Å². The second-order valence-corrected chi connectivity index (χ2v) is 8.62. The van der Waals surface area contributed by atoms with Crippen molar-refractivity contribution in [2.24, 2.45) is 0 Å². The lowest BCUT2D eigenvalue weighted by molar-refractivity contribution is -0.137. The van der Waals surface area contributed by atoms with Crippen molar-refractivity contribution < 1.29 is 32.9 Å². The van der Waals surface area contributed by atoms with Gasteiger partial charge in [0.25, 0.3) is 0 Å². The van der Waals surface area contributed by atoms with Crippen molar-refractivity contribution >= 4 is 6.09 Å². The summed E-state index contributed by atoms with van der Waals surface area (Å²) in [7, 11) is 0. The second kappa shape index (κ2) is 10.1. The smallest absolute Gasteiger partial charge is 0.416 e. The number of hydrogen-bond donors (Lipinski definition) is 3. The molecule has 3 aromatic rings. The van der Waals surface area contributed by atoms with Crippen LogP contribution in [0.5, 0.6) is 0 Å². The Hall–Kier alpha value is -3.36. The molecular weight excluding hydrogens is 459 g/mol. The second-order valence-electron chi connectivity index (χ2n) is 8.62. The molecule has 3 aromatic carbocycles. The van der Waals surface area contributed by atoms with Crippen molar-refractivity contribution in [3.8, 4) is 11.1 Å². The van der Waals surface area contributed by atoms with Gasteiger partial charge in [0.2, 0.25) is 0 Å². The van der Waals surface area contributed by atoms with Crippen molar-refractivity contribution in [1.82, 2.24) is 5.32 Å². The summed E-state index contributed by atoms with van der Waals surface area (Å²) in [6, 6.07) is 18.9. The highest BCUT2D eigenvalue weighted by atomic mass is 19.4. The van der Waals surface area contributed by atoms with Crippen LogP contribution in [0.2, 0.25) is 0 Å². The fourth-order valence-corrected chi connectivity index (χ4v) is 4.47. The summed E-state index contributed by atoms with van der Waals surface area (Å²) >= 11 is 0. The first kappa shape index (κ1) is 24.8. The minimum Gasteiger partial charge on any atom is -0.449 e. The van der Waals surface area contributed by atoms with Gasteiger partial charge in [-0.2, -0.15) is 13.2 Å². The number of aliphatic hydroxyl groups excluding tert-OH is 2. The molecule has 1 aliphatic rings. The number of benzene rings is 3. The number of aliphatic hydroxyl groups is 2. The van der Waals surface area contributed by atoms with Crippen molar-refractivity contribution in [3.63, 3.8) is 0 Å². The van der Waals surface area contributed by atoms with Crippen LogP contribution < -0.4 is 5.32 Å². The van der Waals surface area contributed by atoms with E-state index < -0.39 is 30.0 Å². The zero-order valence-electron chi connectivity index (χ0n) is 19.0. The molecule has 0 aliphatic heterocycles. The van der Waals surface area contributed by atoms with Crippen molar-refractivity contribution in [3.05, 3.63) is 94.5 Å². The molecule has 0 saturated carbocycles. The van der Waals surface area contributed by atoms with Crippen molar-refractivity contribution in [1.29, 1.82) is 0 Å². The number of alkyl halides is 3. The molecule has 0 bridgehead atoms. The van der Waals surface area contributed by atoms with E-state index in [2.05, 4.69) is 5.32 Å². The molecule has 0 saturated heterocycles. The Kier molecular flexibility index (Phi) is 7.14. The Morgan fingerprint density at radius 2 is 1.60 bits per heavy atom. The number of hydrogen-bond acceptors (Lipinski definition) is 4. The fourth-order valence-electron chi connectivity index (χ4n) is 4.47. The number of aryl methyl sites for hydroxylation is 1. The van der Waals surface area contributed by atoms with Gasteiger partial charge in [0.1, 0.15) is 12.7 Å². The van der Waals surface area contributed by atoms with Gasteiger partial charge >= 0.3 is 12.3 Å². The third-order valence-corrected chi connectivity index (χ3v) is 6.34. The summed E-state index contributed by atoms with van der Waals surface area (Å²) in [4.78, 5) is 12.3. The lowest BCUT2D eigenvalue weighted by Crippen LogP contribution is -2.31. The van der Waals surface area contributed by atoms with Gasteiger partial charge in [-0.15, -0.1) is 0 Å². The first-order chi connectivity index (χ1) is 16.7. The third-order valence-electron chi connectivity index (χ3n) is 6.34. The van der Waals surface area contributed by atoms with Crippen LogP contribution in [-0.2, 0) is 10.9 Å². The van der Waals surface area contributed by atoms with Gasteiger partial charge in [-0.05, 0) is 58.9 Å². The fraction of sp³-hybridized carbons (Fsp3) is 0.296. The monoisotopic (exact) mass is 485 g/mol. The lowest BCUT2D eigenvalue weighted by Gasteiger charge is -2.21. The van der Waals surface area contributed by atoms with Crippen LogP contribution in [0.4, 0.5) is 18.0 Å². The van der Waals surface area contributed by atoms with E-state index in [1.54, 1.807) is 6.92 Å². The van der Waals surface area contributed by atoms with Crippen LogP contribution in [0.25, 0.3) is 11.1 Å². The summed E-state index contributed by atoms with van der Waals surface area (Å²) in [6.07, 6.45) is -8.20. The standard InChI is InChI=1S/C27H26F3NO4/c1-16-10-11-17(27(28,29)30)14-22(16)25(33)24(32)12-13-31-26(34)35-15-23-20-8-4-2-6-18(20)19-7-3-5-9-21(19)23/h2-11,14,23-25,32-33H,12-13,15H2,1H3,(H,31,34). The van der Waals surface area contributed by atoms with Crippen LogP contribution in [0.3, 0.4) is 0 Å². The van der Waals surface area contributed by atoms with Crippen LogP contribution >= 0.6 is 0 Å². The molecule has 2 unspecified atom stereocenters. The van der Waals surface area contributed by atoms with Gasteiger partial charge < -0.3 is 20.3 Å². The Morgan fingerprint density at radius 3 is 2.20 bits per heavy atom. The van der Waals surface area contributed by atoms with E-state index in [9.17, 15) is 28.2 Å². The van der Waals surface area contributed by atoms with Crippen LogP contribution in [0.1, 0.15) is 46.3 Å². The minimum atomic E-state index is -4.56. The van der Waals surface area contributed by atoms with Gasteiger partial charge in [-0.3, -0.25) is 0 Å². The van der Waals surface area contributed by atoms with E-state index in [4.69, 9.17) is 4.74 Å². The normalized spacial score (nSPS) is 14.7. The van der Waals surface area contributed by atoms with E-state index in [1.165, 1.54) is 6.07 Å². The highest BCUT2D eigenvalue weighted by Crippen LogP contribution is 2.44. The molecule has 3 N–H and O–H groups in total. The number of nitrogens with one attached hydrogen (secondary N) is 1. The average molecular weight is 486 g/mol. The molecule has 0 radical (unpaired) electrons. The molecule has 0 aromatic heterocycles. The maximum absolute atomic E-state index is 13.0. The number of carbonyl (C=O) groups excluding carboxylic acids is 1.